The molecule has 0 fully saturated rings. The highest BCUT2D eigenvalue weighted by Gasteiger charge is 2.09. The number of benzene rings is 4. The second kappa shape index (κ2) is 11.2. The molecule has 0 radical (unpaired) electrons. The molecule has 0 aliphatic rings. The molecule has 0 unspecified atom stereocenters. The molecule has 5 heteroatoms. The van der Waals surface area contributed by atoms with Gasteiger partial charge in [0.2, 0.25) is 0 Å². The Kier molecular flexibility index (Phi) is 7.62. The first kappa shape index (κ1) is 22.4. The number of methoxy groups -OCH3 is 1. The normalized spacial score (nSPS) is 10.8. The maximum atomic E-state index is 6.24. The highest BCUT2D eigenvalue weighted by atomic mass is 35.5. The molecule has 0 aliphatic carbocycles. The lowest BCUT2D eigenvalue weighted by Gasteiger charge is -2.19. The average molecular weight is 457 g/mol. The summed E-state index contributed by atoms with van der Waals surface area (Å²) in [6, 6.07) is 33.8. The summed E-state index contributed by atoms with van der Waals surface area (Å²) in [5, 5.41) is 7.42. The molecule has 0 bridgehead atoms. The molecule has 0 N–H and O–H groups in total. The zero-order valence-electron chi connectivity index (χ0n) is 18.4. The molecule has 0 saturated carbocycles. The molecule has 0 heterocycles. The minimum absolute atomic E-state index is 0.363. The number of para-hydroxylation sites is 1. The van der Waals surface area contributed by atoms with Crippen LogP contribution in [0.2, 0.25) is 5.02 Å². The van der Waals surface area contributed by atoms with Gasteiger partial charge in [0.25, 0.3) is 0 Å². The SMILES string of the molecule is COc1cc(C=NN(Cc2ccccc2)c2ccccc2)ccc1OCc1ccccc1Cl. The topological polar surface area (TPSA) is 34.1 Å². The zero-order chi connectivity index (χ0) is 22.9. The van der Waals surface area contributed by atoms with Crippen LogP contribution in [-0.2, 0) is 13.2 Å². The molecule has 4 nitrogen and oxygen atoms in total. The van der Waals surface area contributed by atoms with Gasteiger partial charge in [-0.2, -0.15) is 5.10 Å². The third-order valence-corrected chi connectivity index (χ3v) is 5.47. The van der Waals surface area contributed by atoms with Gasteiger partial charge in [0.1, 0.15) is 6.61 Å². The molecule has 4 aromatic carbocycles. The van der Waals surface area contributed by atoms with E-state index in [1.807, 2.05) is 102 Å². The van der Waals surface area contributed by atoms with Crippen LogP contribution in [0.25, 0.3) is 0 Å². The maximum absolute atomic E-state index is 6.24. The van der Waals surface area contributed by atoms with Crippen molar-refractivity contribution in [2.45, 2.75) is 13.2 Å². The van der Waals surface area contributed by atoms with E-state index < -0.39 is 0 Å². The first-order valence-electron chi connectivity index (χ1n) is 10.7. The van der Waals surface area contributed by atoms with Gasteiger partial charge in [-0.1, -0.05) is 78.3 Å². The van der Waals surface area contributed by atoms with Crippen LogP contribution in [0.5, 0.6) is 11.5 Å². The largest absolute Gasteiger partial charge is 0.493 e. The number of hydrogen-bond donors (Lipinski definition) is 0. The van der Waals surface area contributed by atoms with Gasteiger partial charge in [-0.3, -0.25) is 5.01 Å². The lowest BCUT2D eigenvalue weighted by Crippen LogP contribution is -2.16. The van der Waals surface area contributed by atoms with Crippen LogP contribution in [0, 0.1) is 0 Å². The first-order chi connectivity index (χ1) is 16.2. The van der Waals surface area contributed by atoms with E-state index in [0.717, 1.165) is 16.8 Å². The van der Waals surface area contributed by atoms with Crippen molar-refractivity contribution in [1.82, 2.24) is 0 Å². The van der Waals surface area contributed by atoms with E-state index in [-0.39, 0.29) is 0 Å². The smallest absolute Gasteiger partial charge is 0.161 e. The average Bonchev–Trinajstić information content (AvgIpc) is 2.87. The Hall–Kier alpha value is -3.76. The van der Waals surface area contributed by atoms with Crippen LogP contribution in [-0.4, -0.2) is 13.3 Å². The van der Waals surface area contributed by atoms with Crippen molar-refractivity contribution >= 4 is 23.5 Å². The molecule has 0 saturated heterocycles. The molecule has 0 spiro atoms. The van der Waals surface area contributed by atoms with Gasteiger partial charge >= 0.3 is 0 Å². The molecular weight excluding hydrogens is 432 g/mol. The summed E-state index contributed by atoms with van der Waals surface area (Å²) in [5.41, 5.74) is 4.03. The Balaban J connectivity index is 1.52. The Morgan fingerprint density at radius 2 is 1.52 bits per heavy atom. The van der Waals surface area contributed by atoms with E-state index in [2.05, 4.69) is 12.1 Å². The summed E-state index contributed by atoms with van der Waals surface area (Å²) in [6.45, 7) is 1.03. The lowest BCUT2D eigenvalue weighted by atomic mass is 10.2. The Morgan fingerprint density at radius 1 is 0.818 bits per heavy atom. The minimum Gasteiger partial charge on any atom is -0.493 e. The van der Waals surface area contributed by atoms with Crippen molar-refractivity contribution in [2.75, 3.05) is 12.1 Å². The van der Waals surface area contributed by atoms with Crippen LogP contribution >= 0.6 is 11.6 Å². The number of rotatable bonds is 9. The van der Waals surface area contributed by atoms with Gasteiger partial charge in [0, 0.05) is 10.6 Å². The summed E-state index contributed by atoms with van der Waals surface area (Å²) in [5.74, 6) is 1.29. The minimum atomic E-state index is 0.363. The van der Waals surface area contributed by atoms with Crippen LogP contribution in [0.15, 0.2) is 108 Å². The van der Waals surface area contributed by atoms with Crippen LogP contribution < -0.4 is 14.5 Å². The second-order valence-corrected chi connectivity index (χ2v) is 7.82. The summed E-state index contributed by atoms with van der Waals surface area (Å²) in [7, 11) is 1.63. The van der Waals surface area contributed by atoms with Crippen LogP contribution in [0.4, 0.5) is 5.69 Å². The monoisotopic (exact) mass is 456 g/mol. The van der Waals surface area contributed by atoms with Crippen molar-refractivity contribution in [2.24, 2.45) is 5.10 Å². The number of anilines is 1. The van der Waals surface area contributed by atoms with E-state index >= 15 is 0 Å². The van der Waals surface area contributed by atoms with Crippen molar-refractivity contribution in [1.29, 1.82) is 0 Å². The molecule has 0 aromatic heterocycles. The van der Waals surface area contributed by atoms with Crippen LogP contribution in [0.3, 0.4) is 0 Å². The van der Waals surface area contributed by atoms with Gasteiger partial charge in [-0.05, 0) is 47.5 Å². The highest BCUT2D eigenvalue weighted by Crippen LogP contribution is 2.29. The van der Waals surface area contributed by atoms with E-state index in [1.165, 1.54) is 5.56 Å². The summed E-state index contributed by atoms with van der Waals surface area (Å²) >= 11 is 6.24. The van der Waals surface area contributed by atoms with Crippen molar-refractivity contribution in [3.63, 3.8) is 0 Å². The van der Waals surface area contributed by atoms with Gasteiger partial charge in [0.15, 0.2) is 11.5 Å². The molecule has 33 heavy (non-hydrogen) atoms. The van der Waals surface area contributed by atoms with Gasteiger partial charge in [0.05, 0.1) is 25.6 Å². The number of hydrazone groups is 1. The Morgan fingerprint density at radius 3 is 2.24 bits per heavy atom. The summed E-state index contributed by atoms with van der Waals surface area (Å²) in [6.07, 6.45) is 1.83. The third kappa shape index (κ3) is 6.15. The fourth-order valence-corrected chi connectivity index (χ4v) is 3.54. The maximum Gasteiger partial charge on any atom is 0.161 e. The first-order valence-corrected chi connectivity index (χ1v) is 11.1. The number of halogens is 1. The van der Waals surface area contributed by atoms with Crippen LogP contribution in [0.1, 0.15) is 16.7 Å². The molecular formula is C28H25ClN2O2. The quantitative estimate of drug-likeness (QED) is 0.201. The van der Waals surface area contributed by atoms with Crippen molar-refractivity contribution in [3.8, 4) is 11.5 Å². The van der Waals surface area contributed by atoms with E-state index in [4.69, 9.17) is 26.2 Å². The number of nitrogens with zero attached hydrogens (tertiary/aromatic N) is 2. The molecule has 0 amide bonds. The van der Waals surface area contributed by atoms with Gasteiger partial charge < -0.3 is 9.47 Å². The highest BCUT2D eigenvalue weighted by molar-refractivity contribution is 6.31. The number of ether oxygens (including phenoxy) is 2. The standard InChI is InChI=1S/C28H25ClN2O2/c1-32-28-18-23(16-17-27(28)33-21-24-12-8-9-15-26(24)29)19-30-31(25-13-6-3-7-14-25)20-22-10-4-2-5-11-22/h2-19H,20-21H2,1H3. The molecule has 4 aromatic rings. The third-order valence-electron chi connectivity index (χ3n) is 5.10. The molecule has 0 atom stereocenters. The molecule has 166 valence electrons. The van der Waals surface area contributed by atoms with Crippen molar-refractivity contribution in [3.05, 3.63) is 125 Å². The fraction of sp³-hybridized carbons (Fsp3) is 0.107. The molecule has 4 rings (SSSR count). The van der Waals surface area contributed by atoms with Gasteiger partial charge in [-0.15, -0.1) is 0 Å². The van der Waals surface area contributed by atoms with E-state index in [9.17, 15) is 0 Å². The Bertz CT molecular complexity index is 1200. The Labute approximate surface area is 199 Å². The van der Waals surface area contributed by atoms with E-state index in [0.29, 0.717) is 29.7 Å². The molecule has 0 aliphatic heterocycles. The predicted octanol–water partition coefficient (Wildman–Crippen LogP) is 6.97. The summed E-state index contributed by atoms with van der Waals surface area (Å²) in [4.78, 5) is 0. The zero-order valence-corrected chi connectivity index (χ0v) is 19.2. The predicted molar refractivity (Wildman–Crippen MR) is 135 cm³/mol. The fourth-order valence-electron chi connectivity index (χ4n) is 3.35. The lowest BCUT2D eigenvalue weighted by molar-refractivity contribution is 0.284. The second-order valence-electron chi connectivity index (χ2n) is 7.41. The number of hydrogen-bond acceptors (Lipinski definition) is 4. The summed E-state index contributed by atoms with van der Waals surface area (Å²) < 4.78 is 11.5. The van der Waals surface area contributed by atoms with Gasteiger partial charge in [-0.25, -0.2) is 0 Å². The van der Waals surface area contributed by atoms with E-state index in [1.54, 1.807) is 7.11 Å². The van der Waals surface area contributed by atoms with Crippen molar-refractivity contribution < 1.29 is 9.47 Å².